The van der Waals surface area contributed by atoms with Gasteiger partial charge < -0.3 is 15.0 Å². The Balaban J connectivity index is 1.44. The molecule has 0 bridgehead atoms. The Labute approximate surface area is 146 Å². The van der Waals surface area contributed by atoms with E-state index in [1.54, 1.807) is 4.90 Å². The van der Waals surface area contributed by atoms with E-state index >= 15 is 0 Å². The van der Waals surface area contributed by atoms with Crippen molar-refractivity contribution in [2.45, 2.75) is 11.3 Å². The fourth-order valence-electron chi connectivity index (χ4n) is 2.88. The molecule has 24 heavy (non-hydrogen) atoms. The van der Waals surface area contributed by atoms with E-state index in [2.05, 4.69) is 10.2 Å². The number of anilines is 1. The van der Waals surface area contributed by atoms with Crippen LogP contribution < -0.4 is 10.2 Å². The Kier molecular flexibility index (Phi) is 6.12. The molecule has 1 aromatic rings. The van der Waals surface area contributed by atoms with Crippen molar-refractivity contribution < 1.29 is 14.3 Å². The van der Waals surface area contributed by atoms with Gasteiger partial charge in [-0.1, -0.05) is 12.1 Å². The summed E-state index contributed by atoms with van der Waals surface area (Å²) in [6.45, 7) is 5.20. The molecule has 0 saturated carbocycles. The van der Waals surface area contributed by atoms with Crippen molar-refractivity contribution in [3.63, 3.8) is 0 Å². The third kappa shape index (κ3) is 4.49. The zero-order valence-electron chi connectivity index (χ0n) is 13.7. The quantitative estimate of drug-likeness (QED) is 0.776. The van der Waals surface area contributed by atoms with E-state index in [0.717, 1.165) is 49.9 Å². The maximum atomic E-state index is 12.2. The average molecular weight is 349 g/mol. The van der Waals surface area contributed by atoms with E-state index < -0.39 is 0 Å². The van der Waals surface area contributed by atoms with Crippen LogP contribution >= 0.6 is 11.8 Å². The number of benzene rings is 1. The average Bonchev–Trinajstić information content (AvgIpc) is 2.62. The van der Waals surface area contributed by atoms with Gasteiger partial charge in [-0.05, 0) is 25.1 Å². The Morgan fingerprint density at radius 2 is 2.04 bits per heavy atom. The fourth-order valence-corrected chi connectivity index (χ4v) is 3.82. The number of nitrogens with zero attached hydrogens (tertiary/aromatic N) is 2. The summed E-state index contributed by atoms with van der Waals surface area (Å²) in [5.41, 5.74) is 0.835. The highest BCUT2D eigenvalue weighted by molar-refractivity contribution is 8.00. The van der Waals surface area contributed by atoms with Gasteiger partial charge in [0.15, 0.2) is 0 Å². The van der Waals surface area contributed by atoms with E-state index in [-0.39, 0.29) is 18.4 Å². The standard InChI is InChI=1S/C17H23N3O3S/c21-16(18-6-3-7-19-8-10-23-11-9-19)12-20-14-4-1-2-5-15(14)24-13-17(20)22/h1-2,4-5H,3,6-13H2,(H,18,21). The van der Waals surface area contributed by atoms with Gasteiger partial charge in [0.1, 0.15) is 6.54 Å². The number of thioether (sulfide) groups is 1. The highest BCUT2D eigenvalue weighted by Crippen LogP contribution is 2.34. The summed E-state index contributed by atoms with van der Waals surface area (Å²) in [6.07, 6.45) is 0.909. The summed E-state index contributed by atoms with van der Waals surface area (Å²) < 4.78 is 5.32. The summed E-state index contributed by atoms with van der Waals surface area (Å²) >= 11 is 1.53. The second-order valence-corrected chi connectivity index (χ2v) is 6.91. The minimum absolute atomic E-state index is 0.0119. The molecule has 7 heteroatoms. The van der Waals surface area contributed by atoms with Crippen LogP contribution in [0.15, 0.2) is 29.2 Å². The van der Waals surface area contributed by atoms with Crippen molar-refractivity contribution in [2.24, 2.45) is 0 Å². The largest absolute Gasteiger partial charge is 0.379 e. The summed E-state index contributed by atoms with van der Waals surface area (Å²) in [7, 11) is 0. The fraction of sp³-hybridized carbons (Fsp3) is 0.529. The Bertz CT molecular complexity index is 590. The highest BCUT2D eigenvalue weighted by Gasteiger charge is 2.25. The maximum absolute atomic E-state index is 12.2. The molecule has 2 aliphatic rings. The van der Waals surface area contributed by atoms with Crippen molar-refractivity contribution in [3.8, 4) is 0 Å². The van der Waals surface area contributed by atoms with Crippen LogP contribution in [0.1, 0.15) is 6.42 Å². The Hall–Kier alpha value is -1.57. The SMILES string of the molecule is O=C(CN1C(=O)CSc2ccccc21)NCCCN1CCOCC1. The third-order valence-electron chi connectivity index (χ3n) is 4.19. The minimum atomic E-state index is -0.105. The highest BCUT2D eigenvalue weighted by atomic mass is 32.2. The number of amides is 2. The lowest BCUT2D eigenvalue weighted by atomic mass is 10.2. The number of para-hydroxylation sites is 1. The molecule has 1 aromatic carbocycles. The summed E-state index contributed by atoms with van der Waals surface area (Å²) in [6, 6.07) is 7.72. The van der Waals surface area contributed by atoms with E-state index in [1.165, 1.54) is 11.8 Å². The number of rotatable bonds is 6. The number of hydrogen-bond acceptors (Lipinski definition) is 5. The predicted molar refractivity (Wildman–Crippen MR) is 94.4 cm³/mol. The van der Waals surface area contributed by atoms with Crippen LogP contribution in [0.5, 0.6) is 0 Å². The van der Waals surface area contributed by atoms with Crippen LogP contribution in [-0.2, 0) is 14.3 Å². The summed E-state index contributed by atoms with van der Waals surface area (Å²) in [5.74, 6) is 0.274. The topological polar surface area (TPSA) is 61.9 Å². The number of ether oxygens (including phenoxy) is 1. The molecule has 1 N–H and O–H groups in total. The number of hydrogen-bond donors (Lipinski definition) is 1. The Morgan fingerprint density at radius 1 is 1.25 bits per heavy atom. The molecule has 1 saturated heterocycles. The van der Waals surface area contributed by atoms with Gasteiger partial charge in [-0.3, -0.25) is 14.5 Å². The number of nitrogens with one attached hydrogen (secondary N) is 1. The molecular weight excluding hydrogens is 326 g/mol. The van der Waals surface area contributed by atoms with Crippen LogP contribution in [0.25, 0.3) is 0 Å². The summed E-state index contributed by atoms with van der Waals surface area (Å²) in [5, 5.41) is 2.92. The van der Waals surface area contributed by atoms with Crippen molar-refractivity contribution in [2.75, 3.05) is 56.6 Å². The van der Waals surface area contributed by atoms with E-state index in [0.29, 0.717) is 12.3 Å². The summed E-state index contributed by atoms with van der Waals surface area (Å²) in [4.78, 5) is 29.3. The molecule has 2 heterocycles. The Morgan fingerprint density at radius 3 is 2.88 bits per heavy atom. The first-order chi connectivity index (χ1) is 11.7. The molecule has 6 nitrogen and oxygen atoms in total. The zero-order chi connectivity index (χ0) is 16.8. The molecule has 0 radical (unpaired) electrons. The van der Waals surface area contributed by atoms with Crippen LogP contribution in [-0.4, -0.2) is 68.4 Å². The van der Waals surface area contributed by atoms with Crippen LogP contribution in [0.2, 0.25) is 0 Å². The number of morpholine rings is 1. The monoisotopic (exact) mass is 349 g/mol. The van der Waals surface area contributed by atoms with Crippen molar-refractivity contribution in [3.05, 3.63) is 24.3 Å². The zero-order valence-corrected chi connectivity index (χ0v) is 14.5. The molecule has 0 atom stereocenters. The van der Waals surface area contributed by atoms with Gasteiger partial charge >= 0.3 is 0 Å². The molecule has 2 amide bonds. The molecule has 0 aromatic heterocycles. The molecule has 0 aliphatic carbocycles. The van der Waals surface area contributed by atoms with Crippen molar-refractivity contribution in [1.82, 2.24) is 10.2 Å². The van der Waals surface area contributed by atoms with Crippen LogP contribution in [0.3, 0.4) is 0 Å². The number of carbonyl (C=O) groups is 2. The molecule has 2 aliphatic heterocycles. The lowest BCUT2D eigenvalue weighted by Gasteiger charge is -2.28. The molecule has 0 spiro atoms. The van der Waals surface area contributed by atoms with Gasteiger partial charge in [0.05, 0.1) is 24.7 Å². The van der Waals surface area contributed by atoms with Gasteiger partial charge in [-0.2, -0.15) is 0 Å². The number of fused-ring (bicyclic) bond motifs is 1. The van der Waals surface area contributed by atoms with Gasteiger partial charge in [0, 0.05) is 24.5 Å². The van der Waals surface area contributed by atoms with Crippen molar-refractivity contribution in [1.29, 1.82) is 0 Å². The molecule has 0 unspecified atom stereocenters. The normalized spacial score (nSPS) is 18.3. The van der Waals surface area contributed by atoms with Crippen LogP contribution in [0.4, 0.5) is 5.69 Å². The van der Waals surface area contributed by atoms with E-state index in [9.17, 15) is 9.59 Å². The molecule has 1 fully saturated rings. The van der Waals surface area contributed by atoms with Crippen LogP contribution in [0, 0.1) is 0 Å². The van der Waals surface area contributed by atoms with Gasteiger partial charge in [-0.15, -0.1) is 11.8 Å². The maximum Gasteiger partial charge on any atom is 0.240 e. The van der Waals surface area contributed by atoms with E-state index in [1.807, 2.05) is 24.3 Å². The van der Waals surface area contributed by atoms with Gasteiger partial charge in [0.25, 0.3) is 0 Å². The van der Waals surface area contributed by atoms with Crippen molar-refractivity contribution >= 4 is 29.3 Å². The first kappa shape index (κ1) is 17.3. The first-order valence-corrected chi connectivity index (χ1v) is 9.31. The lowest BCUT2D eigenvalue weighted by Crippen LogP contribution is -2.44. The second-order valence-electron chi connectivity index (χ2n) is 5.89. The van der Waals surface area contributed by atoms with E-state index in [4.69, 9.17) is 4.74 Å². The molecule has 3 rings (SSSR count). The molecule has 130 valence electrons. The molecular formula is C17H23N3O3S. The second kappa shape index (κ2) is 8.50. The van der Waals surface area contributed by atoms with Gasteiger partial charge in [0.2, 0.25) is 11.8 Å². The number of carbonyl (C=O) groups excluding carboxylic acids is 2. The third-order valence-corrected chi connectivity index (χ3v) is 5.23. The first-order valence-electron chi connectivity index (χ1n) is 8.33. The predicted octanol–water partition coefficient (Wildman–Crippen LogP) is 0.964. The minimum Gasteiger partial charge on any atom is -0.379 e. The lowest BCUT2D eigenvalue weighted by molar-refractivity contribution is -0.123. The smallest absolute Gasteiger partial charge is 0.240 e. The van der Waals surface area contributed by atoms with Gasteiger partial charge in [-0.25, -0.2) is 0 Å².